The Morgan fingerprint density at radius 3 is 2.56 bits per heavy atom. The first-order valence-corrected chi connectivity index (χ1v) is 11.4. The van der Waals surface area contributed by atoms with E-state index in [1.54, 1.807) is 18.2 Å². The number of aliphatic carboxylic acids is 1. The number of amides is 3. The Morgan fingerprint density at radius 1 is 1.17 bits per heavy atom. The smallest absolute Gasteiger partial charge is 0.333 e. The molecule has 2 aliphatic heterocycles. The van der Waals surface area contributed by atoms with Gasteiger partial charge in [0, 0.05) is 44.0 Å². The maximum atomic E-state index is 12.0. The lowest BCUT2D eigenvalue weighted by molar-refractivity contribution is -0.195. The number of nitrogens with zero attached hydrogens (tertiary/aromatic N) is 1. The van der Waals surface area contributed by atoms with Crippen LogP contribution < -0.4 is 10.1 Å². The number of imide groups is 1. The second-order valence-corrected chi connectivity index (χ2v) is 8.41. The van der Waals surface area contributed by atoms with Gasteiger partial charge >= 0.3 is 11.9 Å². The van der Waals surface area contributed by atoms with E-state index in [-0.39, 0.29) is 26.0 Å². The van der Waals surface area contributed by atoms with Crippen molar-refractivity contribution in [1.29, 1.82) is 0 Å². The standard InChI is InChI=1S/C24H28N2O10/c1-14(27)34-13-16-5-4-15(3-2-8-25-20(29)12-26-21(30)6-7-22(26)31)9-18(16)35-23-11-17(28)10-19(36-23)24(32)33/h4-7,9,17,19,23,28H,2-3,8,10-13H2,1H3,(H,25,29)(H,32,33)/t17?,19?,23-/m1/s1. The van der Waals surface area contributed by atoms with Crippen LogP contribution in [0.1, 0.15) is 37.3 Å². The van der Waals surface area contributed by atoms with E-state index in [0.29, 0.717) is 30.7 Å². The predicted octanol–water partition coefficient (Wildman–Crippen LogP) is 0.0529. The molecule has 1 fully saturated rings. The number of hydrogen-bond donors (Lipinski definition) is 3. The fourth-order valence-corrected chi connectivity index (χ4v) is 3.71. The largest absolute Gasteiger partial charge is 0.479 e. The van der Waals surface area contributed by atoms with Gasteiger partial charge in [0.05, 0.1) is 6.10 Å². The van der Waals surface area contributed by atoms with Crippen molar-refractivity contribution in [3.63, 3.8) is 0 Å². The molecule has 1 saturated heterocycles. The molecular formula is C24H28N2O10. The van der Waals surface area contributed by atoms with Crippen LogP contribution in [0.15, 0.2) is 30.4 Å². The highest BCUT2D eigenvalue weighted by Crippen LogP contribution is 2.28. The number of carboxylic acids is 1. The molecular weight excluding hydrogens is 476 g/mol. The molecule has 1 aromatic rings. The number of esters is 1. The first kappa shape index (κ1) is 26.8. The quantitative estimate of drug-likeness (QED) is 0.213. The summed E-state index contributed by atoms with van der Waals surface area (Å²) in [5.41, 5.74) is 1.36. The van der Waals surface area contributed by atoms with Gasteiger partial charge in [-0.15, -0.1) is 0 Å². The van der Waals surface area contributed by atoms with E-state index in [9.17, 15) is 34.2 Å². The van der Waals surface area contributed by atoms with Crippen LogP contribution in [0.2, 0.25) is 0 Å². The number of hydrogen-bond acceptors (Lipinski definition) is 9. The van der Waals surface area contributed by atoms with Gasteiger partial charge in [-0.05, 0) is 24.5 Å². The third-order valence-electron chi connectivity index (χ3n) is 5.53. The summed E-state index contributed by atoms with van der Waals surface area (Å²) in [5, 5.41) is 21.9. The number of ether oxygens (including phenoxy) is 3. The van der Waals surface area contributed by atoms with Crippen molar-refractivity contribution in [1.82, 2.24) is 10.2 Å². The van der Waals surface area contributed by atoms with E-state index in [1.807, 2.05) is 0 Å². The van der Waals surface area contributed by atoms with Crippen molar-refractivity contribution < 1.29 is 48.4 Å². The third kappa shape index (κ3) is 7.62. The summed E-state index contributed by atoms with van der Waals surface area (Å²) >= 11 is 0. The first-order chi connectivity index (χ1) is 17.1. The number of nitrogens with one attached hydrogen (secondary N) is 1. The summed E-state index contributed by atoms with van der Waals surface area (Å²) < 4.78 is 16.4. The molecule has 0 bridgehead atoms. The van der Waals surface area contributed by atoms with Gasteiger partial charge < -0.3 is 29.7 Å². The van der Waals surface area contributed by atoms with Crippen LogP contribution >= 0.6 is 0 Å². The Bertz CT molecular complexity index is 1040. The molecule has 3 N–H and O–H groups in total. The lowest BCUT2D eigenvalue weighted by Crippen LogP contribution is -2.42. The van der Waals surface area contributed by atoms with Gasteiger partial charge in [-0.2, -0.15) is 0 Å². The molecule has 2 unspecified atom stereocenters. The number of carboxylic acid groups (broad SMARTS) is 1. The molecule has 12 nitrogen and oxygen atoms in total. The zero-order chi connectivity index (χ0) is 26.2. The molecule has 3 atom stereocenters. The second kappa shape index (κ2) is 12.3. The molecule has 2 aliphatic rings. The Balaban J connectivity index is 1.58. The SMILES string of the molecule is CC(=O)OCc1ccc(CCCNC(=O)CN2C(=O)C=CC2=O)cc1O[C@H]1CC(O)CC(C(=O)O)O1. The number of carbonyl (C=O) groups excluding carboxylic acids is 4. The molecule has 0 saturated carbocycles. The molecule has 12 heteroatoms. The summed E-state index contributed by atoms with van der Waals surface area (Å²) in [6.07, 6.45) is 0.199. The monoisotopic (exact) mass is 504 g/mol. The molecule has 3 rings (SSSR count). The maximum Gasteiger partial charge on any atom is 0.333 e. The van der Waals surface area contributed by atoms with Crippen molar-refractivity contribution in [2.24, 2.45) is 0 Å². The lowest BCUT2D eigenvalue weighted by Gasteiger charge is -2.31. The molecule has 3 amide bonds. The number of rotatable bonds is 11. The second-order valence-electron chi connectivity index (χ2n) is 8.41. The van der Waals surface area contributed by atoms with Gasteiger partial charge in [0.25, 0.3) is 11.8 Å². The minimum atomic E-state index is -1.20. The molecule has 0 spiro atoms. The van der Waals surface area contributed by atoms with Crippen LogP contribution in [0.5, 0.6) is 5.75 Å². The Labute approximate surface area is 206 Å². The van der Waals surface area contributed by atoms with Crippen LogP contribution in [0, 0.1) is 0 Å². The average molecular weight is 504 g/mol. The minimum Gasteiger partial charge on any atom is -0.479 e. The maximum absolute atomic E-state index is 12.0. The number of carbonyl (C=O) groups is 5. The fourth-order valence-electron chi connectivity index (χ4n) is 3.71. The van der Waals surface area contributed by atoms with Crippen molar-refractivity contribution in [2.75, 3.05) is 13.1 Å². The highest BCUT2D eigenvalue weighted by atomic mass is 16.7. The van der Waals surface area contributed by atoms with Gasteiger partial charge in [0.2, 0.25) is 12.2 Å². The topological polar surface area (TPSA) is 169 Å². The van der Waals surface area contributed by atoms with E-state index >= 15 is 0 Å². The van der Waals surface area contributed by atoms with Crippen molar-refractivity contribution >= 4 is 29.7 Å². The predicted molar refractivity (Wildman–Crippen MR) is 121 cm³/mol. The Hall–Kier alpha value is -3.77. The molecule has 0 aromatic heterocycles. The van der Waals surface area contributed by atoms with Crippen molar-refractivity contribution in [2.45, 2.75) is 57.7 Å². The van der Waals surface area contributed by atoms with Crippen LogP contribution in [-0.2, 0) is 46.5 Å². The zero-order valence-corrected chi connectivity index (χ0v) is 19.7. The summed E-state index contributed by atoms with van der Waals surface area (Å²) in [4.78, 5) is 58.5. The summed E-state index contributed by atoms with van der Waals surface area (Å²) in [6.45, 7) is 1.15. The molecule has 2 heterocycles. The first-order valence-electron chi connectivity index (χ1n) is 11.4. The normalized spacial score (nSPS) is 21.4. The van der Waals surface area contributed by atoms with Gasteiger partial charge in [-0.25, -0.2) is 4.79 Å². The molecule has 36 heavy (non-hydrogen) atoms. The van der Waals surface area contributed by atoms with Gasteiger partial charge in [-0.1, -0.05) is 12.1 Å². The Kier molecular flexibility index (Phi) is 9.14. The summed E-state index contributed by atoms with van der Waals surface area (Å²) in [6, 6.07) is 5.21. The van der Waals surface area contributed by atoms with Crippen LogP contribution in [0.25, 0.3) is 0 Å². The minimum absolute atomic E-state index is 0.0438. The lowest BCUT2D eigenvalue weighted by atomic mass is 10.0. The molecule has 1 aromatic carbocycles. The zero-order valence-electron chi connectivity index (χ0n) is 19.7. The highest BCUT2D eigenvalue weighted by molar-refractivity contribution is 6.14. The number of benzene rings is 1. The fraction of sp³-hybridized carbons (Fsp3) is 0.458. The third-order valence-corrected chi connectivity index (χ3v) is 5.53. The van der Waals surface area contributed by atoms with Crippen molar-refractivity contribution in [3.8, 4) is 5.75 Å². The Morgan fingerprint density at radius 2 is 1.89 bits per heavy atom. The summed E-state index contributed by atoms with van der Waals surface area (Å²) in [7, 11) is 0. The van der Waals surface area contributed by atoms with E-state index in [4.69, 9.17) is 14.2 Å². The molecule has 0 aliphatic carbocycles. The van der Waals surface area contributed by atoms with E-state index in [1.165, 1.54) is 6.92 Å². The average Bonchev–Trinajstić information content (AvgIpc) is 3.12. The highest BCUT2D eigenvalue weighted by Gasteiger charge is 2.34. The molecule has 194 valence electrons. The van der Waals surface area contributed by atoms with E-state index in [2.05, 4.69) is 5.32 Å². The number of aliphatic hydroxyl groups is 1. The number of aliphatic hydroxyl groups excluding tert-OH is 1. The van der Waals surface area contributed by atoms with Crippen LogP contribution in [0.3, 0.4) is 0 Å². The van der Waals surface area contributed by atoms with Gasteiger partial charge in [-0.3, -0.25) is 24.1 Å². The summed E-state index contributed by atoms with van der Waals surface area (Å²) in [5.74, 6) is -2.87. The number of aryl methyl sites for hydroxylation is 1. The van der Waals surface area contributed by atoms with Crippen LogP contribution in [-0.4, -0.2) is 76.4 Å². The van der Waals surface area contributed by atoms with Crippen LogP contribution in [0.4, 0.5) is 0 Å². The van der Waals surface area contributed by atoms with E-state index in [0.717, 1.165) is 22.6 Å². The van der Waals surface area contributed by atoms with Gasteiger partial charge in [0.15, 0.2) is 6.10 Å². The van der Waals surface area contributed by atoms with Gasteiger partial charge in [0.1, 0.15) is 18.9 Å². The van der Waals surface area contributed by atoms with Crippen molar-refractivity contribution in [3.05, 3.63) is 41.5 Å². The molecule has 0 radical (unpaired) electrons. The van der Waals surface area contributed by atoms with E-state index < -0.39 is 48.2 Å².